The van der Waals surface area contributed by atoms with E-state index in [-0.39, 0.29) is 0 Å². The zero-order valence-corrected chi connectivity index (χ0v) is 12.6. The molecule has 0 aliphatic heterocycles. The second-order valence-electron chi connectivity index (χ2n) is 5.04. The molecule has 2 rings (SSSR count). The van der Waals surface area contributed by atoms with E-state index in [2.05, 4.69) is 52.4 Å². The zero-order chi connectivity index (χ0) is 12.8. The standard InChI is InChI=1S/C15H22BrNO/c1-2-18-11-13(10-17-15-7-8-15)9-12-3-5-14(16)6-4-12/h3-6,13,15,17H,2,7-11H2,1H3. The van der Waals surface area contributed by atoms with Crippen molar-refractivity contribution < 1.29 is 4.74 Å². The van der Waals surface area contributed by atoms with Crippen molar-refractivity contribution in [3.8, 4) is 0 Å². The summed E-state index contributed by atoms with van der Waals surface area (Å²) in [6, 6.07) is 9.39. The van der Waals surface area contributed by atoms with Crippen LogP contribution < -0.4 is 5.32 Å². The highest BCUT2D eigenvalue weighted by Crippen LogP contribution is 2.20. The molecule has 1 aliphatic rings. The summed E-state index contributed by atoms with van der Waals surface area (Å²) in [5.41, 5.74) is 1.39. The lowest BCUT2D eigenvalue weighted by Gasteiger charge is -2.17. The molecule has 100 valence electrons. The minimum atomic E-state index is 0.576. The van der Waals surface area contributed by atoms with Crippen LogP contribution in [0.25, 0.3) is 0 Å². The van der Waals surface area contributed by atoms with Crippen molar-refractivity contribution in [1.29, 1.82) is 0 Å². The van der Waals surface area contributed by atoms with Gasteiger partial charge in [-0.2, -0.15) is 0 Å². The molecule has 0 saturated heterocycles. The first-order valence-electron chi connectivity index (χ1n) is 6.83. The van der Waals surface area contributed by atoms with E-state index in [9.17, 15) is 0 Å². The Morgan fingerprint density at radius 1 is 1.33 bits per heavy atom. The maximum Gasteiger partial charge on any atom is 0.0509 e. The Hall–Kier alpha value is -0.380. The lowest BCUT2D eigenvalue weighted by Crippen LogP contribution is -2.29. The van der Waals surface area contributed by atoms with E-state index in [0.717, 1.165) is 36.7 Å². The normalized spacial score (nSPS) is 16.8. The molecule has 1 N–H and O–H groups in total. The van der Waals surface area contributed by atoms with Crippen molar-refractivity contribution in [2.24, 2.45) is 5.92 Å². The van der Waals surface area contributed by atoms with Crippen LogP contribution in [0.2, 0.25) is 0 Å². The number of benzene rings is 1. The number of halogens is 1. The Bertz CT molecular complexity index is 348. The molecule has 18 heavy (non-hydrogen) atoms. The van der Waals surface area contributed by atoms with Crippen molar-refractivity contribution in [2.75, 3.05) is 19.8 Å². The highest BCUT2D eigenvalue weighted by molar-refractivity contribution is 9.10. The van der Waals surface area contributed by atoms with Gasteiger partial charge in [0.2, 0.25) is 0 Å². The van der Waals surface area contributed by atoms with Gasteiger partial charge in [0.1, 0.15) is 0 Å². The predicted octanol–water partition coefficient (Wildman–Crippen LogP) is 3.40. The van der Waals surface area contributed by atoms with Gasteiger partial charge in [-0.15, -0.1) is 0 Å². The summed E-state index contributed by atoms with van der Waals surface area (Å²) < 4.78 is 6.74. The summed E-state index contributed by atoms with van der Waals surface area (Å²) in [5.74, 6) is 0.576. The van der Waals surface area contributed by atoms with Crippen LogP contribution in [0.1, 0.15) is 25.3 Å². The molecule has 3 heteroatoms. The lowest BCUT2D eigenvalue weighted by molar-refractivity contribution is 0.109. The van der Waals surface area contributed by atoms with Crippen molar-refractivity contribution in [2.45, 2.75) is 32.2 Å². The molecule has 1 aliphatic carbocycles. The summed E-state index contributed by atoms with van der Waals surface area (Å²) in [7, 11) is 0. The quantitative estimate of drug-likeness (QED) is 0.794. The first kappa shape index (κ1) is 14.0. The molecular weight excluding hydrogens is 290 g/mol. The molecule has 0 amide bonds. The van der Waals surface area contributed by atoms with Crippen molar-refractivity contribution in [3.63, 3.8) is 0 Å². The van der Waals surface area contributed by atoms with Gasteiger partial charge in [-0.1, -0.05) is 28.1 Å². The average Bonchev–Trinajstić information content (AvgIpc) is 3.19. The SMILES string of the molecule is CCOCC(CNC1CC1)Cc1ccc(Br)cc1. The Morgan fingerprint density at radius 2 is 2.06 bits per heavy atom. The van der Waals surface area contributed by atoms with Gasteiger partial charge in [-0.25, -0.2) is 0 Å². The summed E-state index contributed by atoms with van der Waals surface area (Å²) in [6.07, 6.45) is 3.78. The first-order chi connectivity index (χ1) is 8.78. The molecule has 0 radical (unpaired) electrons. The number of ether oxygens (including phenoxy) is 1. The average molecular weight is 312 g/mol. The highest BCUT2D eigenvalue weighted by Gasteiger charge is 2.22. The number of rotatable bonds is 8. The van der Waals surface area contributed by atoms with Gasteiger partial charge in [0, 0.05) is 23.7 Å². The second kappa shape index (κ2) is 7.27. The zero-order valence-electron chi connectivity index (χ0n) is 11.0. The largest absolute Gasteiger partial charge is 0.381 e. The number of hydrogen-bond acceptors (Lipinski definition) is 2. The van der Waals surface area contributed by atoms with E-state index in [4.69, 9.17) is 4.74 Å². The minimum absolute atomic E-state index is 0.576. The summed E-state index contributed by atoms with van der Waals surface area (Å²) >= 11 is 3.47. The fraction of sp³-hybridized carbons (Fsp3) is 0.600. The third kappa shape index (κ3) is 5.09. The predicted molar refractivity (Wildman–Crippen MR) is 78.9 cm³/mol. The van der Waals surface area contributed by atoms with Crippen LogP contribution in [0, 0.1) is 5.92 Å². The molecule has 1 saturated carbocycles. The minimum Gasteiger partial charge on any atom is -0.381 e. The van der Waals surface area contributed by atoms with Gasteiger partial charge in [-0.3, -0.25) is 0 Å². The Kier molecular flexibility index (Phi) is 5.67. The molecule has 1 aromatic carbocycles. The van der Waals surface area contributed by atoms with Gasteiger partial charge in [0.15, 0.2) is 0 Å². The molecular formula is C15H22BrNO. The third-order valence-electron chi connectivity index (χ3n) is 3.27. The molecule has 1 unspecified atom stereocenters. The van der Waals surface area contributed by atoms with Crippen molar-refractivity contribution >= 4 is 15.9 Å². The molecule has 0 bridgehead atoms. The van der Waals surface area contributed by atoms with Gasteiger partial charge in [-0.05, 0) is 49.8 Å². The molecule has 2 nitrogen and oxygen atoms in total. The van der Waals surface area contributed by atoms with Gasteiger partial charge >= 0.3 is 0 Å². The van der Waals surface area contributed by atoms with E-state index in [1.807, 2.05) is 0 Å². The van der Waals surface area contributed by atoms with Gasteiger partial charge in [0.05, 0.1) is 6.61 Å². The molecule has 1 aromatic rings. The van der Waals surface area contributed by atoms with Crippen molar-refractivity contribution in [3.05, 3.63) is 34.3 Å². The fourth-order valence-electron chi connectivity index (χ4n) is 2.05. The summed E-state index contributed by atoms with van der Waals surface area (Å²) in [5, 5.41) is 3.61. The van der Waals surface area contributed by atoms with Crippen LogP contribution >= 0.6 is 15.9 Å². The molecule has 1 atom stereocenters. The third-order valence-corrected chi connectivity index (χ3v) is 3.80. The lowest BCUT2D eigenvalue weighted by atomic mass is 10.00. The van der Waals surface area contributed by atoms with E-state index in [0.29, 0.717) is 5.92 Å². The Balaban J connectivity index is 1.83. The monoisotopic (exact) mass is 311 g/mol. The second-order valence-corrected chi connectivity index (χ2v) is 5.95. The first-order valence-corrected chi connectivity index (χ1v) is 7.62. The van der Waals surface area contributed by atoms with Crippen LogP contribution in [0.15, 0.2) is 28.7 Å². The van der Waals surface area contributed by atoms with Crippen molar-refractivity contribution in [1.82, 2.24) is 5.32 Å². The van der Waals surface area contributed by atoms with Gasteiger partial charge in [0.25, 0.3) is 0 Å². The van der Waals surface area contributed by atoms with E-state index in [1.54, 1.807) is 0 Å². The Morgan fingerprint density at radius 3 is 2.67 bits per heavy atom. The molecule has 0 spiro atoms. The Labute approximate surface area is 118 Å². The highest BCUT2D eigenvalue weighted by atomic mass is 79.9. The topological polar surface area (TPSA) is 21.3 Å². The molecule has 0 heterocycles. The van der Waals surface area contributed by atoms with E-state index in [1.165, 1.54) is 18.4 Å². The van der Waals surface area contributed by atoms with E-state index < -0.39 is 0 Å². The van der Waals surface area contributed by atoms with Crippen LogP contribution in [0.3, 0.4) is 0 Å². The van der Waals surface area contributed by atoms with Crippen LogP contribution in [-0.2, 0) is 11.2 Å². The van der Waals surface area contributed by atoms with Gasteiger partial charge < -0.3 is 10.1 Å². The van der Waals surface area contributed by atoms with E-state index >= 15 is 0 Å². The fourth-order valence-corrected chi connectivity index (χ4v) is 2.31. The molecule has 0 aromatic heterocycles. The maximum atomic E-state index is 5.60. The number of hydrogen-bond donors (Lipinski definition) is 1. The maximum absolute atomic E-state index is 5.60. The van der Waals surface area contributed by atoms with Crippen LogP contribution in [0.4, 0.5) is 0 Å². The van der Waals surface area contributed by atoms with Crippen LogP contribution in [0.5, 0.6) is 0 Å². The smallest absolute Gasteiger partial charge is 0.0509 e. The summed E-state index contributed by atoms with van der Waals surface area (Å²) in [4.78, 5) is 0. The summed E-state index contributed by atoms with van der Waals surface area (Å²) in [6.45, 7) is 4.79. The van der Waals surface area contributed by atoms with Crippen LogP contribution in [-0.4, -0.2) is 25.8 Å². The number of nitrogens with one attached hydrogen (secondary N) is 1. The molecule has 1 fully saturated rings.